The fraction of sp³-hybridized carbons (Fsp3) is 0.333. The molecule has 4 heteroatoms. The van der Waals surface area contributed by atoms with Crippen molar-refractivity contribution in [3.63, 3.8) is 0 Å². The number of nitriles is 1. The summed E-state index contributed by atoms with van der Waals surface area (Å²) in [6.07, 6.45) is 0. The van der Waals surface area contributed by atoms with Crippen LogP contribution in [0.2, 0.25) is 0 Å². The van der Waals surface area contributed by atoms with Crippen molar-refractivity contribution in [2.75, 3.05) is 5.32 Å². The highest BCUT2D eigenvalue weighted by Crippen LogP contribution is 2.23. The largest absolute Gasteiger partial charge is 0.324 e. The van der Waals surface area contributed by atoms with Crippen LogP contribution in [0.3, 0.4) is 0 Å². The van der Waals surface area contributed by atoms with Gasteiger partial charge in [-0.15, -0.1) is 0 Å². The minimum Gasteiger partial charge on any atom is -0.324 e. The molecule has 0 aromatic heterocycles. The minimum atomic E-state index is -0.472. The van der Waals surface area contributed by atoms with Crippen LogP contribution in [-0.4, -0.2) is 5.91 Å². The van der Waals surface area contributed by atoms with Gasteiger partial charge in [-0.05, 0) is 18.2 Å². The molecule has 0 bridgehead atoms. The molecular weight excluding hydrogens is 268 g/mol. The molecule has 0 aliphatic carbocycles. The molecule has 0 saturated carbocycles. The predicted octanol–water partition coefficient (Wildman–Crippen LogP) is 3.31. The molecule has 1 rings (SSSR count). The number of halogens is 1. The molecule has 16 heavy (non-hydrogen) atoms. The monoisotopic (exact) mass is 280 g/mol. The molecular formula is C12H13BrN2O. The lowest BCUT2D eigenvalue weighted by Crippen LogP contribution is -2.27. The van der Waals surface area contributed by atoms with Crippen LogP contribution in [0.5, 0.6) is 0 Å². The lowest BCUT2D eigenvalue weighted by Gasteiger charge is -2.18. The van der Waals surface area contributed by atoms with E-state index >= 15 is 0 Å². The first-order valence-corrected chi connectivity index (χ1v) is 5.65. The van der Waals surface area contributed by atoms with E-state index in [2.05, 4.69) is 21.2 Å². The van der Waals surface area contributed by atoms with Crippen LogP contribution >= 0.6 is 15.9 Å². The number of rotatable bonds is 1. The smallest absolute Gasteiger partial charge is 0.229 e. The van der Waals surface area contributed by atoms with Crippen LogP contribution in [0.15, 0.2) is 22.7 Å². The van der Waals surface area contributed by atoms with Gasteiger partial charge in [-0.1, -0.05) is 36.7 Å². The second kappa shape index (κ2) is 4.67. The first kappa shape index (κ1) is 12.7. The predicted molar refractivity (Wildman–Crippen MR) is 66.9 cm³/mol. The molecule has 0 saturated heterocycles. The Morgan fingerprint density at radius 2 is 2.06 bits per heavy atom. The minimum absolute atomic E-state index is 0.105. The first-order valence-electron chi connectivity index (χ1n) is 4.85. The van der Waals surface area contributed by atoms with Gasteiger partial charge in [0.15, 0.2) is 0 Å². The van der Waals surface area contributed by atoms with Crippen LogP contribution in [0.4, 0.5) is 5.69 Å². The molecule has 0 spiro atoms. The molecule has 1 aromatic carbocycles. The molecule has 3 nitrogen and oxygen atoms in total. The van der Waals surface area contributed by atoms with Gasteiger partial charge in [0.1, 0.15) is 6.07 Å². The van der Waals surface area contributed by atoms with Crippen molar-refractivity contribution in [2.24, 2.45) is 5.41 Å². The molecule has 0 aliphatic rings. The van der Waals surface area contributed by atoms with Crippen molar-refractivity contribution in [3.05, 3.63) is 28.2 Å². The lowest BCUT2D eigenvalue weighted by atomic mass is 9.95. The average molecular weight is 281 g/mol. The summed E-state index contributed by atoms with van der Waals surface area (Å²) in [6, 6.07) is 7.23. The SMILES string of the molecule is CC(C)(C)C(=O)Nc1ccc(Br)cc1C#N. The van der Waals surface area contributed by atoms with Crippen LogP contribution in [0, 0.1) is 16.7 Å². The number of anilines is 1. The highest BCUT2D eigenvalue weighted by molar-refractivity contribution is 9.10. The van der Waals surface area contributed by atoms with Crippen molar-refractivity contribution in [1.29, 1.82) is 5.26 Å². The molecule has 84 valence electrons. The van der Waals surface area contributed by atoms with E-state index in [9.17, 15) is 4.79 Å². The van der Waals surface area contributed by atoms with Gasteiger partial charge >= 0.3 is 0 Å². The molecule has 0 aliphatic heterocycles. The van der Waals surface area contributed by atoms with E-state index in [0.717, 1.165) is 4.47 Å². The fourth-order valence-corrected chi connectivity index (χ4v) is 1.39. The highest BCUT2D eigenvalue weighted by atomic mass is 79.9. The van der Waals surface area contributed by atoms with Crippen molar-refractivity contribution in [1.82, 2.24) is 0 Å². The topological polar surface area (TPSA) is 52.9 Å². The third-order valence-electron chi connectivity index (χ3n) is 2.03. The summed E-state index contributed by atoms with van der Waals surface area (Å²) >= 11 is 3.28. The lowest BCUT2D eigenvalue weighted by molar-refractivity contribution is -0.123. The molecule has 0 unspecified atom stereocenters. The van der Waals surface area contributed by atoms with Gasteiger partial charge in [-0.25, -0.2) is 0 Å². The third-order valence-corrected chi connectivity index (χ3v) is 2.52. The average Bonchev–Trinajstić information content (AvgIpc) is 2.19. The maximum atomic E-state index is 11.8. The van der Waals surface area contributed by atoms with Crippen molar-refractivity contribution >= 4 is 27.5 Å². The van der Waals surface area contributed by atoms with Crippen molar-refractivity contribution in [3.8, 4) is 6.07 Å². The number of amides is 1. The third kappa shape index (κ3) is 3.07. The van der Waals surface area contributed by atoms with E-state index in [0.29, 0.717) is 11.3 Å². The molecule has 0 heterocycles. The normalized spacial score (nSPS) is 10.7. The Kier molecular flexibility index (Phi) is 3.71. The van der Waals surface area contributed by atoms with Gasteiger partial charge in [-0.2, -0.15) is 5.26 Å². The van der Waals surface area contributed by atoms with Gasteiger partial charge in [0.05, 0.1) is 11.3 Å². The molecule has 0 radical (unpaired) electrons. The Balaban J connectivity index is 2.99. The number of benzene rings is 1. The molecule has 0 atom stereocenters. The first-order chi connectivity index (χ1) is 7.34. The van der Waals surface area contributed by atoms with Crippen molar-refractivity contribution < 1.29 is 4.79 Å². The summed E-state index contributed by atoms with van der Waals surface area (Å²) in [7, 11) is 0. The molecule has 1 amide bonds. The molecule has 1 aromatic rings. The van der Waals surface area contributed by atoms with Gasteiger partial charge in [0.25, 0.3) is 0 Å². The van der Waals surface area contributed by atoms with E-state index in [1.54, 1.807) is 18.2 Å². The van der Waals surface area contributed by atoms with E-state index < -0.39 is 5.41 Å². The Labute approximate surface area is 104 Å². The van der Waals surface area contributed by atoms with Gasteiger partial charge in [0.2, 0.25) is 5.91 Å². The highest BCUT2D eigenvalue weighted by Gasteiger charge is 2.21. The number of carbonyl (C=O) groups excluding carboxylic acids is 1. The summed E-state index contributed by atoms with van der Waals surface area (Å²) in [5.74, 6) is -0.105. The van der Waals surface area contributed by atoms with Gasteiger partial charge in [-0.3, -0.25) is 4.79 Å². The van der Waals surface area contributed by atoms with E-state index in [-0.39, 0.29) is 5.91 Å². The summed E-state index contributed by atoms with van der Waals surface area (Å²) < 4.78 is 0.817. The maximum Gasteiger partial charge on any atom is 0.229 e. The molecule has 1 N–H and O–H groups in total. The zero-order valence-electron chi connectivity index (χ0n) is 9.47. The molecule has 0 fully saturated rings. The van der Waals surface area contributed by atoms with E-state index in [4.69, 9.17) is 5.26 Å². The van der Waals surface area contributed by atoms with Crippen LogP contribution < -0.4 is 5.32 Å². The number of nitrogens with one attached hydrogen (secondary N) is 1. The Hall–Kier alpha value is -1.34. The maximum absolute atomic E-state index is 11.8. The van der Waals surface area contributed by atoms with Crippen LogP contribution in [0.25, 0.3) is 0 Å². The second-order valence-corrected chi connectivity index (χ2v) is 5.42. The second-order valence-electron chi connectivity index (χ2n) is 4.51. The Morgan fingerprint density at radius 1 is 1.44 bits per heavy atom. The van der Waals surface area contributed by atoms with Crippen LogP contribution in [0.1, 0.15) is 26.3 Å². The number of hydrogen-bond donors (Lipinski definition) is 1. The van der Waals surface area contributed by atoms with Gasteiger partial charge < -0.3 is 5.32 Å². The number of hydrogen-bond acceptors (Lipinski definition) is 2. The summed E-state index contributed by atoms with van der Waals surface area (Å²) in [5.41, 5.74) is 0.525. The zero-order valence-corrected chi connectivity index (χ0v) is 11.1. The van der Waals surface area contributed by atoms with E-state index in [1.807, 2.05) is 26.8 Å². The number of nitrogens with zero attached hydrogens (tertiary/aromatic N) is 1. The summed E-state index contributed by atoms with van der Waals surface area (Å²) in [6.45, 7) is 5.48. The quantitative estimate of drug-likeness (QED) is 0.858. The Bertz CT molecular complexity index is 455. The summed E-state index contributed by atoms with van der Waals surface area (Å²) in [4.78, 5) is 11.8. The van der Waals surface area contributed by atoms with Crippen LogP contribution in [-0.2, 0) is 4.79 Å². The standard InChI is InChI=1S/C12H13BrN2O/c1-12(2,3)11(16)15-10-5-4-9(13)6-8(10)7-14/h4-6H,1-3H3,(H,15,16). The number of carbonyl (C=O) groups is 1. The van der Waals surface area contributed by atoms with Crippen molar-refractivity contribution in [2.45, 2.75) is 20.8 Å². The van der Waals surface area contributed by atoms with Gasteiger partial charge in [0, 0.05) is 9.89 Å². The Morgan fingerprint density at radius 3 is 2.56 bits per heavy atom. The fourth-order valence-electron chi connectivity index (χ4n) is 1.03. The zero-order chi connectivity index (χ0) is 12.3. The van der Waals surface area contributed by atoms with E-state index in [1.165, 1.54) is 0 Å². The summed E-state index contributed by atoms with van der Waals surface area (Å²) in [5, 5.41) is 11.7.